The lowest BCUT2D eigenvalue weighted by Gasteiger charge is -2.24. The van der Waals surface area contributed by atoms with Crippen LogP contribution in [0.15, 0.2) is 36.4 Å². The molecule has 0 atom stereocenters. The van der Waals surface area contributed by atoms with Gasteiger partial charge < -0.3 is 0 Å². The molecule has 0 heterocycles. The highest BCUT2D eigenvalue weighted by molar-refractivity contribution is 5.71. The third-order valence-electron chi connectivity index (χ3n) is 4.99. The first-order chi connectivity index (χ1) is 11.2. The van der Waals surface area contributed by atoms with Gasteiger partial charge >= 0.3 is 0 Å². The lowest BCUT2D eigenvalue weighted by Crippen LogP contribution is -2.04. The summed E-state index contributed by atoms with van der Waals surface area (Å²) in [6, 6.07) is 14.1. The van der Waals surface area contributed by atoms with Crippen LogP contribution in [0.2, 0.25) is 0 Å². The first-order valence-corrected chi connectivity index (χ1v) is 9.50. The van der Waals surface area contributed by atoms with Crippen molar-refractivity contribution in [1.29, 1.82) is 0 Å². The van der Waals surface area contributed by atoms with Crippen molar-refractivity contribution in [2.45, 2.75) is 79.1 Å². The van der Waals surface area contributed by atoms with E-state index in [0.717, 1.165) is 0 Å². The fourth-order valence-corrected chi connectivity index (χ4v) is 3.44. The Kier molecular flexibility index (Phi) is 5.91. The fraction of sp³-hybridized carbons (Fsp3) is 0.500. The van der Waals surface area contributed by atoms with E-state index in [0.29, 0.717) is 23.7 Å². The molecule has 2 aromatic rings. The van der Waals surface area contributed by atoms with Crippen molar-refractivity contribution >= 4 is 0 Å². The van der Waals surface area contributed by atoms with Gasteiger partial charge in [0.1, 0.15) is 0 Å². The second-order valence-electron chi connectivity index (χ2n) is 8.31. The summed E-state index contributed by atoms with van der Waals surface area (Å²) in [6.07, 6.45) is 0. The van der Waals surface area contributed by atoms with E-state index in [-0.39, 0.29) is 0 Å². The summed E-state index contributed by atoms with van der Waals surface area (Å²) in [7, 11) is 0. The Morgan fingerprint density at radius 1 is 0.542 bits per heavy atom. The van der Waals surface area contributed by atoms with Crippen LogP contribution in [0.25, 0.3) is 11.1 Å². The summed E-state index contributed by atoms with van der Waals surface area (Å²) in [5.74, 6) is 2.22. The van der Waals surface area contributed by atoms with E-state index >= 15 is 0 Å². The summed E-state index contributed by atoms with van der Waals surface area (Å²) in [5, 5.41) is 0. The van der Waals surface area contributed by atoms with Crippen molar-refractivity contribution < 1.29 is 0 Å². The summed E-state index contributed by atoms with van der Waals surface area (Å²) in [5.41, 5.74) is 8.67. The molecule has 0 unspecified atom stereocenters. The largest absolute Gasteiger partial charge is 0.0587 e. The fourth-order valence-electron chi connectivity index (χ4n) is 3.44. The quantitative estimate of drug-likeness (QED) is 0.525. The third kappa shape index (κ3) is 3.91. The molecule has 0 aromatic heterocycles. The molecule has 0 amide bonds. The SMILES string of the molecule is CC(C)c1ccc(-c2cc(C(C)C)cc(C(C)C)c2C(C)C)cc1. The molecule has 0 aliphatic carbocycles. The number of rotatable bonds is 5. The average Bonchev–Trinajstić information content (AvgIpc) is 2.53. The van der Waals surface area contributed by atoms with Crippen LogP contribution in [0.3, 0.4) is 0 Å². The van der Waals surface area contributed by atoms with E-state index in [4.69, 9.17) is 0 Å². The molecular formula is C24H34. The summed E-state index contributed by atoms with van der Waals surface area (Å²) >= 11 is 0. The second kappa shape index (κ2) is 7.55. The number of hydrogen-bond donors (Lipinski definition) is 0. The minimum absolute atomic E-state index is 0.531. The lowest BCUT2D eigenvalue weighted by molar-refractivity contribution is 0.780. The second-order valence-corrected chi connectivity index (χ2v) is 8.31. The Labute approximate surface area is 149 Å². The summed E-state index contributed by atoms with van der Waals surface area (Å²) in [6.45, 7) is 18.4. The van der Waals surface area contributed by atoms with E-state index in [1.54, 1.807) is 0 Å². The first kappa shape index (κ1) is 18.8. The van der Waals surface area contributed by atoms with Crippen molar-refractivity contribution in [2.75, 3.05) is 0 Å². The molecule has 0 bridgehead atoms. The topological polar surface area (TPSA) is 0 Å². The zero-order valence-corrected chi connectivity index (χ0v) is 16.8. The third-order valence-corrected chi connectivity index (χ3v) is 4.99. The molecule has 0 spiro atoms. The molecule has 2 rings (SSSR count). The van der Waals surface area contributed by atoms with Gasteiger partial charge in [0.25, 0.3) is 0 Å². The molecule has 0 fully saturated rings. The molecule has 130 valence electrons. The van der Waals surface area contributed by atoms with E-state index in [9.17, 15) is 0 Å². The van der Waals surface area contributed by atoms with Crippen LogP contribution >= 0.6 is 0 Å². The smallest absolute Gasteiger partial charge is 0.0144 e. The van der Waals surface area contributed by atoms with Gasteiger partial charge in [0.2, 0.25) is 0 Å². The van der Waals surface area contributed by atoms with Gasteiger partial charge in [0.05, 0.1) is 0 Å². The van der Waals surface area contributed by atoms with E-state index < -0.39 is 0 Å². The molecule has 2 aromatic carbocycles. The maximum atomic E-state index is 2.44. The normalized spacial score (nSPS) is 12.0. The van der Waals surface area contributed by atoms with Crippen LogP contribution in [0.4, 0.5) is 0 Å². The molecule has 0 radical (unpaired) electrons. The minimum Gasteiger partial charge on any atom is -0.0587 e. The molecule has 0 heteroatoms. The van der Waals surface area contributed by atoms with E-state index in [2.05, 4.69) is 91.8 Å². The van der Waals surface area contributed by atoms with Crippen LogP contribution in [0.1, 0.15) is 101 Å². The molecule has 0 aliphatic rings. The highest BCUT2D eigenvalue weighted by Crippen LogP contribution is 2.38. The van der Waals surface area contributed by atoms with E-state index in [1.807, 2.05) is 0 Å². The van der Waals surface area contributed by atoms with Crippen LogP contribution < -0.4 is 0 Å². The predicted octanol–water partition coefficient (Wildman–Crippen LogP) is 7.85. The molecule has 24 heavy (non-hydrogen) atoms. The zero-order chi connectivity index (χ0) is 18.0. The van der Waals surface area contributed by atoms with Crippen molar-refractivity contribution in [3.8, 4) is 11.1 Å². The predicted molar refractivity (Wildman–Crippen MR) is 108 cm³/mol. The number of benzene rings is 2. The first-order valence-electron chi connectivity index (χ1n) is 9.50. The Hall–Kier alpha value is -1.56. The monoisotopic (exact) mass is 322 g/mol. The van der Waals surface area contributed by atoms with Gasteiger partial charge in [0, 0.05) is 0 Å². The van der Waals surface area contributed by atoms with Gasteiger partial charge in [-0.3, -0.25) is 0 Å². The lowest BCUT2D eigenvalue weighted by atomic mass is 9.81. The van der Waals surface area contributed by atoms with Crippen LogP contribution in [0, 0.1) is 0 Å². The molecule has 0 nitrogen and oxygen atoms in total. The van der Waals surface area contributed by atoms with Crippen molar-refractivity contribution in [3.63, 3.8) is 0 Å². The maximum absolute atomic E-state index is 2.44. The van der Waals surface area contributed by atoms with E-state index in [1.165, 1.54) is 33.4 Å². The molecular weight excluding hydrogens is 288 g/mol. The van der Waals surface area contributed by atoms with Crippen LogP contribution in [-0.2, 0) is 0 Å². The molecule has 0 saturated carbocycles. The molecule has 0 aliphatic heterocycles. The average molecular weight is 323 g/mol. The van der Waals surface area contributed by atoms with Gasteiger partial charge in [-0.25, -0.2) is 0 Å². The number of hydrogen-bond acceptors (Lipinski definition) is 0. The summed E-state index contributed by atoms with van der Waals surface area (Å²) in [4.78, 5) is 0. The van der Waals surface area contributed by atoms with Crippen molar-refractivity contribution in [3.05, 3.63) is 58.7 Å². The highest BCUT2D eigenvalue weighted by atomic mass is 14.2. The Balaban J connectivity index is 2.69. The van der Waals surface area contributed by atoms with Gasteiger partial charge in [-0.2, -0.15) is 0 Å². The standard InChI is InChI=1S/C24H34/c1-15(2)19-9-11-20(12-10-19)23-14-21(16(3)4)13-22(17(5)6)24(23)18(7)8/h9-18H,1-8H3. The van der Waals surface area contributed by atoms with Crippen LogP contribution in [0.5, 0.6) is 0 Å². The minimum atomic E-state index is 0.531. The Bertz CT molecular complexity index is 670. The van der Waals surface area contributed by atoms with Gasteiger partial charge in [-0.05, 0) is 57.1 Å². The molecule has 0 saturated heterocycles. The maximum Gasteiger partial charge on any atom is -0.0144 e. The van der Waals surface area contributed by atoms with Gasteiger partial charge in [-0.15, -0.1) is 0 Å². The van der Waals surface area contributed by atoms with Gasteiger partial charge in [-0.1, -0.05) is 91.8 Å². The van der Waals surface area contributed by atoms with Gasteiger partial charge in [0.15, 0.2) is 0 Å². The van der Waals surface area contributed by atoms with Crippen molar-refractivity contribution in [2.24, 2.45) is 0 Å². The Morgan fingerprint density at radius 2 is 1.08 bits per heavy atom. The molecule has 0 N–H and O–H groups in total. The van der Waals surface area contributed by atoms with Crippen molar-refractivity contribution in [1.82, 2.24) is 0 Å². The Morgan fingerprint density at radius 3 is 1.50 bits per heavy atom. The van der Waals surface area contributed by atoms with Crippen LogP contribution in [-0.4, -0.2) is 0 Å². The summed E-state index contributed by atoms with van der Waals surface area (Å²) < 4.78 is 0. The highest BCUT2D eigenvalue weighted by Gasteiger charge is 2.18. The zero-order valence-electron chi connectivity index (χ0n) is 16.8.